The van der Waals surface area contributed by atoms with Crippen molar-refractivity contribution in [2.45, 2.75) is 44.4 Å². The van der Waals surface area contributed by atoms with Crippen molar-refractivity contribution in [2.24, 2.45) is 0 Å². The van der Waals surface area contributed by atoms with Crippen LogP contribution >= 0.6 is 11.6 Å². The van der Waals surface area contributed by atoms with Crippen molar-refractivity contribution in [1.29, 1.82) is 0 Å². The molecule has 3 aliphatic rings. The molecular formula is C26H30ClFN6O. The molecule has 35 heavy (non-hydrogen) atoms. The van der Waals surface area contributed by atoms with E-state index in [1.165, 1.54) is 0 Å². The van der Waals surface area contributed by atoms with Crippen molar-refractivity contribution >= 4 is 39.8 Å². The fourth-order valence-corrected chi connectivity index (χ4v) is 5.67. The highest BCUT2D eigenvalue weighted by Crippen LogP contribution is 2.45. The van der Waals surface area contributed by atoms with Crippen LogP contribution in [-0.4, -0.2) is 65.4 Å². The fraction of sp³-hybridized carbons (Fsp3) is 0.500. The maximum Gasteiger partial charge on any atom is 0.170 e. The van der Waals surface area contributed by atoms with E-state index in [0.717, 1.165) is 73.8 Å². The molecule has 1 saturated carbocycles. The number of aromatic nitrogens is 3. The van der Waals surface area contributed by atoms with Crippen molar-refractivity contribution < 1.29 is 9.50 Å². The van der Waals surface area contributed by atoms with Gasteiger partial charge in [0.25, 0.3) is 0 Å². The van der Waals surface area contributed by atoms with Crippen molar-refractivity contribution in [3.63, 3.8) is 0 Å². The van der Waals surface area contributed by atoms with Crippen LogP contribution in [0, 0.1) is 6.92 Å². The van der Waals surface area contributed by atoms with Gasteiger partial charge in [-0.1, -0.05) is 17.7 Å². The summed E-state index contributed by atoms with van der Waals surface area (Å²) in [5, 5.41) is 11.4. The Labute approximate surface area is 209 Å². The molecule has 0 radical (unpaired) electrons. The van der Waals surface area contributed by atoms with Crippen LogP contribution in [0.15, 0.2) is 30.5 Å². The second kappa shape index (κ2) is 8.75. The number of rotatable bonds is 4. The predicted octanol–water partition coefficient (Wildman–Crippen LogP) is 4.23. The summed E-state index contributed by atoms with van der Waals surface area (Å²) >= 11 is 6.75. The van der Waals surface area contributed by atoms with Gasteiger partial charge >= 0.3 is 0 Å². The minimum absolute atomic E-state index is 0.250. The number of hydrogen-bond acceptors (Lipinski definition) is 7. The van der Waals surface area contributed by atoms with Crippen LogP contribution < -0.4 is 14.7 Å². The minimum Gasteiger partial charge on any atom is -0.391 e. The number of aliphatic hydroxyl groups excluding tert-OH is 1. The Balaban J connectivity index is 1.38. The van der Waals surface area contributed by atoms with Crippen LogP contribution in [-0.2, 0) is 5.67 Å². The third-order valence-electron chi connectivity index (χ3n) is 7.65. The molecule has 3 fully saturated rings. The molecule has 2 aliphatic heterocycles. The third kappa shape index (κ3) is 4.06. The molecule has 1 aromatic carbocycles. The maximum atomic E-state index is 15.5. The zero-order chi connectivity index (χ0) is 24.2. The van der Waals surface area contributed by atoms with Gasteiger partial charge in [-0.2, -0.15) is 0 Å². The molecule has 2 saturated heterocycles. The summed E-state index contributed by atoms with van der Waals surface area (Å²) in [5.41, 5.74) is 1.22. The number of halogens is 2. The van der Waals surface area contributed by atoms with Gasteiger partial charge in [-0.15, -0.1) is 0 Å². The molecule has 9 heteroatoms. The van der Waals surface area contributed by atoms with E-state index in [2.05, 4.69) is 43.7 Å². The first-order valence-electron chi connectivity index (χ1n) is 12.5. The highest BCUT2D eigenvalue weighted by Gasteiger charge is 2.43. The number of pyridine rings is 1. The first kappa shape index (κ1) is 22.7. The highest BCUT2D eigenvalue weighted by molar-refractivity contribution is 6.35. The topological polar surface area (TPSA) is 68.6 Å². The zero-order valence-corrected chi connectivity index (χ0v) is 20.7. The smallest absolute Gasteiger partial charge is 0.170 e. The van der Waals surface area contributed by atoms with E-state index in [-0.39, 0.29) is 11.9 Å². The van der Waals surface area contributed by atoms with Crippen LogP contribution in [0.2, 0.25) is 5.02 Å². The zero-order valence-electron chi connectivity index (χ0n) is 19.9. The lowest BCUT2D eigenvalue weighted by atomic mass is 9.81. The molecule has 0 amide bonds. The van der Waals surface area contributed by atoms with Crippen LogP contribution in [0.1, 0.15) is 37.1 Å². The van der Waals surface area contributed by atoms with E-state index in [4.69, 9.17) is 16.6 Å². The first-order valence-corrected chi connectivity index (χ1v) is 12.8. The average Bonchev–Trinajstić information content (AvgIpc) is 3.29. The van der Waals surface area contributed by atoms with Gasteiger partial charge in [0.15, 0.2) is 11.5 Å². The van der Waals surface area contributed by atoms with Gasteiger partial charge in [0.05, 0.1) is 16.6 Å². The molecule has 3 aromatic rings. The Kier molecular flexibility index (Phi) is 5.68. The second-order valence-corrected chi connectivity index (χ2v) is 10.4. The summed E-state index contributed by atoms with van der Waals surface area (Å²) in [5.74, 6) is 2.01. The van der Waals surface area contributed by atoms with Gasteiger partial charge in [-0.05, 0) is 56.4 Å². The largest absolute Gasteiger partial charge is 0.391 e. The van der Waals surface area contributed by atoms with E-state index in [9.17, 15) is 5.11 Å². The van der Waals surface area contributed by atoms with Gasteiger partial charge in [0.2, 0.25) is 0 Å². The van der Waals surface area contributed by atoms with Gasteiger partial charge < -0.3 is 19.8 Å². The Bertz CT molecular complexity index is 1260. The van der Waals surface area contributed by atoms with Crippen molar-refractivity contribution in [1.82, 2.24) is 15.0 Å². The van der Waals surface area contributed by atoms with Gasteiger partial charge in [0.1, 0.15) is 11.6 Å². The number of piperazine rings is 1. The number of hydrogen-bond donors (Lipinski definition) is 1. The Morgan fingerprint density at radius 1 is 1.03 bits per heavy atom. The molecule has 1 atom stereocenters. The molecule has 0 spiro atoms. The number of benzene rings is 1. The predicted molar refractivity (Wildman–Crippen MR) is 137 cm³/mol. The standard InChI is InChI=1S/C26H30ClFN6O/c1-17-4-2-8-29-23(17)32-10-12-33(13-11-32)24-20-14-18(34-9-5-19(35)16-34)15-21(27)22(20)30-25(31-24)26(28)6-3-7-26/h2,4,8,14-15,19,35H,3,5-7,9-13,16H2,1H3/t19-/m1/s1. The molecule has 184 valence electrons. The summed E-state index contributed by atoms with van der Waals surface area (Å²) in [6.45, 7) is 6.50. The minimum atomic E-state index is -1.48. The van der Waals surface area contributed by atoms with E-state index in [0.29, 0.717) is 29.9 Å². The number of aliphatic hydroxyl groups is 1. The number of anilines is 3. The van der Waals surface area contributed by atoms with Crippen LogP contribution in [0.3, 0.4) is 0 Å². The van der Waals surface area contributed by atoms with Crippen LogP contribution in [0.5, 0.6) is 0 Å². The van der Waals surface area contributed by atoms with Gasteiger partial charge in [0, 0.05) is 56.5 Å². The number of β-amino-alcohol motifs (C(OH)–C–C–N with tert-alkyl or cyclic N) is 1. The van der Waals surface area contributed by atoms with E-state index < -0.39 is 5.67 Å². The average molecular weight is 497 g/mol. The number of nitrogens with zero attached hydrogens (tertiary/aromatic N) is 6. The molecule has 4 heterocycles. The van der Waals surface area contributed by atoms with Crippen molar-refractivity contribution in [3.05, 3.63) is 46.9 Å². The van der Waals surface area contributed by atoms with E-state index in [1.807, 2.05) is 18.3 Å². The SMILES string of the molecule is Cc1cccnc1N1CCN(c2nc(C3(F)CCC3)nc3c(Cl)cc(N4CC[C@@H](O)C4)cc23)CC1. The summed E-state index contributed by atoms with van der Waals surface area (Å²) in [7, 11) is 0. The van der Waals surface area contributed by atoms with Gasteiger partial charge in [-0.3, -0.25) is 0 Å². The number of aryl methyl sites for hydroxylation is 1. The Morgan fingerprint density at radius 3 is 2.40 bits per heavy atom. The van der Waals surface area contributed by atoms with Crippen molar-refractivity contribution in [3.8, 4) is 0 Å². The number of alkyl halides is 1. The van der Waals surface area contributed by atoms with Crippen LogP contribution in [0.4, 0.5) is 21.7 Å². The monoisotopic (exact) mass is 496 g/mol. The lowest BCUT2D eigenvalue weighted by Gasteiger charge is -2.38. The molecule has 6 rings (SSSR count). The molecule has 1 N–H and O–H groups in total. The van der Waals surface area contributed by atoms with Crippen LogP contribution in [0.25, 0.3) is 10.9 Å². The third-order valence-corrected chi connectivity index (χ3v) is 7.94. The molecule has 1 aliphatic carbocycles. The maximum absolute atomic E-state index is 15.5. The summed E-state index contributed by atoms with van der Waals surface area (Å²) in [6, 6.07) is 7.98. The first-order chi connectivity index (χ1) is 16.9. The lowest BCUT2D eigenvalue weighted by Crippen LogP contribution is -2.47. The van der Waals surface area contributed by atoms with E-state index in [1.54, 1.807) is 0 Å². The molecule has 0 bridgehead atoms. The quantitative estimate of drug-likeness (QED) is 0.579. The van der Waals surface area contributed by atoms with Crippen molar-refractivity contribution in [2.75, 3.05) is 54.0 Å². The molecule has 2 aromatic heterocycles. The van der Waals surface area contributed by atoms with Gasteiger partial charge in [-0.25, -0.2) is 19.3 Å². The Morgan fingerprint density at radius 2 is 1.77 bits per heavy atom. The normalized spacial score (nSPS) is 22.1. The highest BCUT2D eigenvalue weighted by atomic mass is 35.5. The molecule has 0 unspecified atom stereocenters. The summed E-state index contributed by atoms with van der Waals surface area (Å²) < 4.78 is 15.5. The Hall–Kier alpha value is -2.71. The van der Waals surface area contributed by atoms with E-state index >= 15 is 4.39 Å². The molecular weight excluding hydrogens is 467 g/mol. The second-order valence-electron chi connectivity index (χ2n) is 10.0. The molecule has 7 nitrogen and oxygen atoms in total. The summed E-state index contributed by atoms with van der Waals surface area (Å²) in [4.78, 5) is 20.7. The summed E-state index contributed by atoms with van der Waals surface area (Å²) in [6.07, 6.45) is 3.97. The lowest BCUT2D eigenvalue weighted by molar-refractivity contribution is 0.0512. The number of fused-ring (bicyclic) bond motifs is 1. The fourth-order valence-electron chi connectivity index (χ4n) is 5.41.